The standard InChI is InChI=1S/C28H29N3O3S/c1-19(2)23-12-9-20(10-13-23)16-26-27(32)30-28(35-26)31-29-17-22-11-14-24(25(15-22)33-3)34-18-21-7-5-4-6-8-21/h4-15,17,19,26H,16,18H2,1-3H3,(H,30,31,32)/b29-17+. The molecule has 7 heteroatoms. The lowest BCUT2D eigenvalue weighted by Gasteiger charge is -2.11. The number of nitrogens with one attached hydrogen (secondary N) is 1. The van der Waals surface area contributed by atoms with Crippen LogP contribution in [-0.2, 0) is 17.8 Å². The van der Waals surface area contributed by atoms with E-state index in [4.69, 9.17) is 9.47 Å². The monoisotopic (exact) mass is 487 g/mol. The molecule has 0 aromatic heterocycles. The van der Waals surface area contributed by atoms with E-state index in [1.165, 1.54) is 17.3 Å². The predicted octanol–water partition coefficient (Wildman–Crippen LogP) is 5.56. The Balaban J connectivity index is 1.35. The molecule has 1 fully saturated rings. The zero-order valence-corrected chi connectivity index (χ0v) is 20.9. The largest absolute Gasteiger partial charge is 0.493 e. The Morgan fingerprint density at radius 1 is 1.00 bits per heavy atom. The van der Waals surface area contributed by atoms with Crippen LogP contribution in [0.3, 0.4) is 0 Å². The molecule has 1 amide bonds. The minimum Gasteiger partial charge on any atom is -0.493 e. The van der Waals surface area contributed by atoms with Gasteiger partial charge in [-0.1, -0.05) is 80.2 Å². The quantitative estimate of drug-likeness (QED) is 0.317. The van der Waals surface area contributed by atoms with Gasteiger partial charge in [0.1, 0.15) is 6.61 Å². The van der Waals surface area contributed by atoms with Crippen molar-refractivity contribution in [3.05, 3.63) is 95.1 Å². The third-order valence-electron chi connectivity index (χ3n) is 5.62. The first-order valence-corrected chi connectivity index (χ1v) is 12.4. The number of carbonyl (C=O) groups excluding carboxylic acids is 1. The topological polar surface area (TPSA) is 72.3 Å². The van der Waals surface area contributed by atoms with Gasteiger partial charge in [-0.05, 0) is 52.8 Å². The summed E-state index contributed by atoms with van der Waals surface area (Å²) in [6.07, 6.45) is 2.28. The summed E-state index contributed by atoms with van der Waals surface area (Å²) in [5.74, 6) is 1.72. The number of amidine groups is 1. The first-order chi connectivity index (χ1) is 17.0. The molecular weight excluding hydrogens is 458 g/mol. The second kappa shape index (κ2) is 11.7. The highest BCUT2D eigenvalue weighted by molar-refractivity contribution is 8.15. The molecule has 0 spiro atoms. The Bertz CT molecular complexity index is 1210. The van der Waals surface area contributed by atoms with Crippen molar-refractivity contribution < 1.29 is 14.3 Å². The first-order valence-electron chi connectivity index (χ1n) is 11.5. The lowest BCUT2D eigenvalue weighted by atomic mass is 10.0. The molecule has 1 unspecified atom stereocenters. The van der Waals surface area contributed by atoms with Gasteiger partial charge in [-0.25, -0.2) is 0 Å². The molecule has 35 heavy (non-hydrogen) atoms. The van der Waals surface area contributed by atoms with Gasteiger partial charge < -0.3 is 14.8 Å². The second-order valence-electron chi connectivity index (χ2n) is 8.53. The number of hydrogen-bond donors (Lipinski definition) is 1. The van der Waals surface area contributed by atoms with Crippen LogP contribution in [0.15, 0.2) is 83.0 Å². The maximum atomic E-state index is 12.4. The summed E-state index contributed by atoms with van der Waals surface area (Å²) >= 11 is 1.40. The summed E-state index contributed by atoms with van der Waals surface area (Å²) in [5.41, 5.74) is 4.32. The minimum atomic E-state index is -0.213. The molecule has 1 aliphatic heterocycles. The van der Waals surface area contributed by atoms with Crippen molar-refractivity contribution in [2.24, 2.45) is 10.2 Å². The number of carbonyl (C=O) groups is 1. The van der Waals surface area contributed by atoms with E-state index in [1.807, 2.05) is 48.5 Å². The zero-order chi connectivity index (χ0) is 24.6. The van der Waals surface area contributed by atoms with E-state index in [1.54, 1.807) is 13.3 Å². The molecule has 0 bridgehead atoms. The molecule has 3 aromatic rings. The van der Waals surface area contributed by atoms with Crippen LogP contribution in [-0.4, -0.2) is 29.6 Å². The van der Waals surface area contributed by atoms with Gasteiger partial charge in [0.15, 0.2) is 16.7 Å². The van der Waals surface area contributed by atoms with Gasteiger partial charge in [0.2, 0.25) is 5.91 Å². The lowest BCUT2D eigenvalue weighted by Crippen LogP contribution is -2.25. The highest BCUT2D eigenvalue weighted by Gasteiger charge is 2.30. The summed E-state index contributed by atoms with van der Waals surface area (Å²) in [4.78, 5) is 12.4. The fraction of sp³-hybridized carbons (Fsp3) is 0.250. The Hall–Kier alpha value is -3.58. The van der Waals surface area contributed by atoms with Gasteiger partial charge in [-0.2, -0.15) is 5.10 Å². The van der Waals surface area contributed by atoms with Crippen molar-refractivity contribution in [2.75, 3.05) is 7.11 Å². The third-order valence-corrected chi connectivity index (χ3v) is 6.70. The molecule has 0 saturated carbocycles. The van der Waals surface area contributed by atoms with Gasteiger partial charge in [0.05, 0.1) is 18.6 Å². The van der Waals surface area contributed by atoms with E-state index >= 15 is 0 Å². The van der Waals surface area contributed by atoms with E-state index in [-0.39, 0.29) is 11.2 Å². The van der Waals surface area contributed by atoms with Gasteiger partial charge in [0, 0.05) is 0 Å². The van der Waals surface area contributed by atoms with E-state index in [2.05, 4.69) is 53.6 Å². The maximum absolute atomic E-state index is 12.4. The summed E-state index contributed by atoms with van der Waals surface area (Å²) in [6, 6.07) is 24.0. The van der Waals surface area contributed by atoms with Crippen LogP contribution < -0.4 is 14.8 Å². The van der Waals surface area contributed by atoms with Crippen LogP contribution >= 0.6 is 11.8 Å². The van der Waals surface area contributed by atoms with Crippen molar-refractivity contribution in [3.63, 3.8) is 0 Å². The number of ether oxygens (including phenoxy) is 2. The molecule has 1 atom stereocenters. The zero-order valence-electron chi connectivity index (χ0n) is 20.1. The third kappa shape index (κ3) is 6.73. The van der Waals surface area contributed by atoms with E-state index in [9.17, 15) is 4.79 Å². The average Bonchev–Trinajstić information content (AvgIpc) is 3.22. The number of thioether (sulfide) groups is 1. The normalized spacial score (nSPS) is 16.7. The summed E-state index contributed by atoms with van der Waals surface area (Å²) < 4.78 is 11.4. The fourth-order valence-electron chi connectivity index (χ4n) is 3.61. The number of benzene rings is 3. The van der Waals surface area contributed by atoms with Crippen LogP contribution in [0, 0.1) is 0 Å². The van der Waals surface area contributed by atoms with E-state index in [0.29, 0.717) is 35.6 Å². The average molecular weight is 488 g/mol. The van der Waals surface area contributed by atoms with Crippen molar-refractivity contribution in [3.8, 4) is 11.5 Å². The van der Waals surface area contributed by atoms with E-state index in [0.717, 1.165) is 16.7 Å². The molecule has 4 rings (SSSR count). The molecule has 1 aliphatic rings. The molecule has 1 heterocycles. The molecule has 3 aromatic carbocycles. The Morgan fingerprint density at radius 3 is 2.49 bits per heavy atom. The van der Waals surface area contributed by atoms with Crippen LogP contribution in [0.5, 0.6) is 11.5 Å². The number of amides is 1. The van der Waals surface area contributed by atoms with Crippen molar-refractivity contribution in [1.82, 2.24) is 5.32 Å². The first kappa shape index (κ1) is 24.5. The summed E-state index contributed by atoms with van der Waals surface area (Å²) in [6.45, 7) is 4.80. The lowest BCUT2D eigenvalue weighted by molar-refractivity contribution is -0.118. The van der Waals surface area contributed by atoms with Crippen molar-refractivity contribution in [2.45, 2.75) is 38.0 Å². The molecule has 6 nitrogen and oxygen atoms in total. The van der Waals surface area contributed by atoms with Crippen LogP contribution in [0.25, 0.3) is 0 Å². The number of hydrogen-bond acceptors (Lipinski definition) is 6. The molecule has 1 N–H and O–H groups in total. The summed E-state index contributed by atoms with van der Waals surface area (Å²) in [7, 11) is 1.60. The van der Waals surface area contributed by atoms with Crippen molar-refractivity contribution in [1.29, 1.82) is 0 Å². The van der Waals surface area contributed by atoms with Gasteiger partial charge >= 0.3 is 0 Å². The van der Waals surface area contributed by atoms with Gasteiger partial charge in [-0.15, -0.1) is 5.10 Å². The molecular formula is C28H29N3O3S. The van der Waals surface area contributed by atoms with Crippen LogP contribution in [0.1, 0.15) is 42.0 Å². The van der Waals surface area contributed by atoms with Crippen LogP contribution in [0.2, 0.25) is 0 Å². The Labute approximate surface area is 210 Å². The number of nitrogens with zero attached hydrogens (tertiary/aromatic N) is 2. The highest BCUT2D eigenvalue weighted by atomic mass is 32.2. The van der Waals surface area contributed by atoms with Gasteiger partial charge in [0.25, 0.3) is 0 Å². The summed E-state index contributed by atoms with van der Waals surface area (Å²) in [5, 5.41) is 11.5. The number of rotatable bonds is 9. The van der Waals surface area contributed by atoms with E-state index < -0.39 is 0 Å². The second-order valence-corrected chi connectivity index (χ2v) is 9.72. The minimum absolute atomic E-state index is 0.0431. The van der Waals surface area contributed by atoms with Crippen LogP contribution in [0.4, 0.5) is 0 Å². The molecule has 0 aliphatic carbocycles. The maximum Gasteiger partial charge on any atom is 0.239 e. The molecule has 0 radical (unpaired) electrons. The Kier molecular flexibility index (Phi) is 8.21. The smallest absolute Gasteiger partial charge is 0.239 e. The molecule has 180 valence electrons. The van der Waals surface area contributed by atoms with Crippen molar-refractivity contribution >= 4 is 29.1 Å². The van der Waals surface area contributed by atoms with Gasteiger partial charge in [-0.3, -0.25) is 4.79 Å². The molecule has 1 saturated heterocycles. The highest BCUT2D eigenvalue weighted by Crippen LogP contribution is 2.29. The fourth-order valence-corrected chi connectivity index (χ4v) is 4.57. The Morgan fingerprint density at radius 2 is 1.77 bits per heavy atom. The SMILES string of the molecule is COc1cc(/C=N/N=C2\NC(=O)C(Cc3ccc(C(C)C)cc3)S2)ccc1OCc1ccccc1. The predicted molar refractivity (Wildman–Crippen MR) is 143 cm³/mol. The number of methoxy groups -OCH3 is 1.